The molecule has 3 aromatic carbocycles. The number of ether oxygens (including phenoxy) is 1. The normalized spacial score (nSPS) is 14.4. The summed E-state index contributed by atoms with van der Waals surface area (Å²) in [5.41, 5.74) is 2.95. The molecule has 0 aromatic heterocycles. The van der Waals surface area contributed by atoms with Crippen LogP contribution in [0, 0.1) is 6.92 Å². The summed E-state index contributed by atoms with van der Waals surface area (Å²) in [5.74, 6) is 0.550. The minimum Gasteiger partial charge on any atom is -0.496 e. The van der Waals surface area contributed by atoms with Crippen LogP contribution < -0.4 is 9.46 Å². The number of rotatable bonds is 9. The monoisotopic (exact) mass is 512 g/mol. The van der Waals surface area contributed by atoms with E-state index in [9.17, 15) is 12.6 Å². The maximum absolute atomic E-state index is 13.4. The van der Waals surface area contributed by atoms with Crippen LogP contribution in [0.2, 0.25) is 0 Å². The standard InChI is InChI=1S/C27H32N2O4S2/c1-20-15-17-22(18-16-20)35(31,32)29-25(23-13-9-10-14-26(23)33-5)19-24(21-11-7-6-8-12-21)28-34(30)27(2,3)4/h6-18,25,29H,19H2,1-5H3/b28-24+/t25-,34+/m0/s1. The average Bonchev–Trinajstić information content (AvgIpc) is 2.83. The number of hydrogen-bond donors (Lipinski definition) is 1. The van der Waals surface area contributed by atoms with E-state index in [0.717, 1.165) is 11.1 Å². The quantitative estimate of drug-likeness (QED) is 0.391. The van der Waals surface area contributed by atoms with Crippen LogP contribution in [-0.2, 0) is 21.0 Å². The van der Waals surface area contributed by atoms with Crippen LogP contribution in [0.1, 0.15) is 49.9 Å². The molecule has 186 valence electrons. The van der Waals surface area contributed by atoms with Gasteiger partial charge in [0, 0.05) is 12.0 Å². The van der Waals surface area contributed by atoms with E-state index in [2.05, 4.69) is 9.12 Å². The van der Waals surface area contributed by atoms with E-state index in [1.165, 1.54) is 0 Å². The Morgan fingerprint density at radius 1 is 0.971 bits per heavy atom. The zero-order valence-corrected chi connectivity index (χ0v) is 22.3. The minimum atomic E-state index is -3.87. The molecule has 0 unspecified atom stereocenters. The predicted molar refractivity (Wildman–Crippen MR) is 143 cm³/mol. The summed E-state index contributed by atoms with van der Waals surface area (Å²) in [6.07, 6.45) is 0.178. The van der Waals surface area contributed by atoms with Crippen molar-refractivity contribution in [1.29, 1.82) is 0 Å². The summed E-state index contributed by atoms with van der Waals surface area (Å²) in [6, 6.07) is 22.6. The number of methoxy groups -OCH3 is 1. The van der Waals surface area contributed by atoms with Gasteiger partial charge in [-0.25, -0.2) is 17.3 Å². The fraction of sp³-hybridized carbons (Fsp3) is 0.296. The molecule has 35 heavy (non-hydrogen) atoms. The SMILES string of the molecule is COc1ccccc1[C@H](C/C(=N\[S@](=O)C(C)(C)C)c1ccccc1)NS(=O)(=O)c1ccc(C)cc1. The first-order chi connectivity index (χ1) is 16.5. The first-order valence-corrected chi connectivity index (χ1v) is 13.9. The Kier molecular flexibility index (Phi) is 8.64. The van der Waals surface area contributed by atoms with Crippen molar-refractivity contribution in [3.05, 3.63) is 95.6 Å². The lowest BCUT2D eigenvalue weighted by atomic mass is 9.97. The maximum Gasteiger partial charge on any atom is 0.241 e. The number of benzene rings is 3. The molecule has 0 aliphatic carbocycles. The van der Waals surface area contributed by atoms with Gasteiger partial charge in [0.2, 0.25) is 10.0 Å². The van der Waals surface area contributed by atoms with Gasteiger partial charge in [0.1, 0.15) is 16.7 Å². The average molecular weight is 513 g/mol. The molecule has 0 saturated carbocycles. The van der Waals surface area contributed by atoms with Crippen molar-refractivity contribution in [2.45, 2.75) is 49.8 Å². The highest BCUT2D eigenvalue weighted by Crippen LogP contribution is 2.30. The van der Waals surface area contributed by atoms with Crippen molar-refractivity contribution in [1.82, 2.24) is 4.72 Å². The summed E-state index contributed by atoms with van der Waals surface area (Å²) >= 11 is 0. The van der Waals surface area contributed by atoms with E-state index in [-0.39, 0.29) is 11.3 Å². The van der Waals surface area contributed by atoms with Crippen LogP contribution in [0.25, 0.3) is 0 Å². The largest absolute Gasteiger partial charge is 0.496 e. The van der Waals surface area contributed by atoms with E-state index >= 15 is 0 Å². The second-order valence-electron chi connectivity index (χ2n) is 9.20. The van der Waals surface area contributed by atoms with E-state index in [1.807, 2.05) is 76.2 Å². The second-order valence-corrected chi connectivity index (χ2v) is 12.8. The molecule has 0 heterocycles. The Hall–Kier alpha value is -2.81. The van der Waals surface area contributed by atoms with Gasteiger partial charge in [-0.3, -0.25) is 0 Å². The highest BCUT2D eigenvalue weighted by atomic mass is 32.2. The molecular weight excluding hydrogens is 480 g/mol. The summed E-state index contributed by atoms with van der Waals surface area (Å²) in [7, 11) is -3.85. The molecule has 3 rings (SSSR count). The smallest absolute Gasteiger partial charge is 0.241 e. The third-order valence-corrected chi connectivity index (χ3v) is 8.29. The molecule has 0 fully saturated rings. The number of hydrogen-bond acceptors (Lipinski definition) is 4. The van der Waals surface area contributed by atoms with Crippen molar-refractivity contribution < 1.29 is 17.4 Å². The Balaban J connectivity index is 2.10. The summed E-state index contributed by atoms with van der Waals surface area (Å²) in [5, 5.41) is 0. The van der Waals surface area contributed by atoms with Crippen LogP contribution >= 0.6 is 0 Å². The highest BCUT2D eigenvalue weighted by Gasteiger charge is 2.27. The molecule has 2 atom stereocenters. The van der Waals surface area contributed by atoms with Crippen LogP contribution in [0.3, 0.4) is 0 Å². The van der Waals surface area contributed by atoms with Crippen LogP contribution in [-0.4, -0.2) is 30.2 Å². The van der Waals surface area contributed by atoms with Crippen LogP contribution in [0.5, 0.6) is 5.75 Å². The molecule has 0 amide bonds. The highest BCUT2D eigenvalue weighted by molar-refractivity contribution is 7.89. The minimum absolute atomic E-state index is 0.166. The lowest BCUT2D eigenvalue weighted by Crippen LogP contribution is -2.31. The van der Waals surface area contributed by atoms with Crippen molar-refractivity contribution in [3.8, 4) is 5.75 Å². The van der Waals surface area contributed by atoms with Gasteiger partial charge in [-0.15, -0.1) is 0 Å². The molecule has 0 spiro atoms. The van der Waals surface area contributed by atoms with E-state index in [1.54, 1.807) is 37.4 Å². The van der Waals surface area contributed by atoms with Gasteiger partial charge < -0.3 is 4.74 Å². The first-order valence-electron chi connectivity index (χ1n) is 11.3. The lowest BCUT2D eigenvalue weighted by molar-refractivity contribution is 0.404. The number of nitrogens with zero attached hydrogens (tertiary/aromatic N) is 1. The van der Waals surface area contributed by atoms with Crippen molar-refractivity contribution >= 4 is 26.7 Å². The molecule has 0 saturated heterocycles. The van der Waals surface area contributed by atoms with Crippen LogP contribution in [0.15, 0.2) is 88.2 Å². The number of para-hydroxylation sites is 1. The number of aryl methyl sites for hydroxylation is 1. The van der Waals surface area contributed by atoms with Gasteiger partial charge in [-0.2, -0.15) is 4.40 Å². The van der Waals surface area contributed by atoms with Crippen LogP contribution in [0.4, 0.5) is 0 Å². The van der Waals surface area contributed by atoms with E-state index < -0.39 is 31.8 Å². The molecule has 0 aliphatic rings. The Morgan fingerprint density at radius 3 is 2.17 bits per heavy atom. The predicted octanol–water partition coefficient (Wildman–Crippen LogP) is 5.36. The third kappa shape index (κ3) is 7.10. The van der Waals surface area contributed by atoms with Gasteiger partial charge in [-0.1, -0.05) is 66.2 Å². The molecule has 6 nitrogen and oxygen atoms in total. The third-order valence-electron chi connectivity index (χ3n) is 5.36. The molecular formula is C27H32N2O4S2. The fourth-order valence-corrected chi connectivity index (χ4v) is 5.28. The van der Waals surface area contributed by atoms with E-state index in [0.29, 0.717) is 17.0 Å². The summed E-state index contributed by atoms with van der Waals surface area (Å²) in [6.45, 7) is 7.46. The zero-order chi connectivity index (χ0) is 25.6. The van der Waals surface area contributed by atoms with Crippen molar-refractivity contribution in [2.24, 2.45) is 4.40 Å². The number of sulfonamides is 1. The van der Waals surface area contributed by atoms with Crippen molar-refractivity contribution in [3.63, 3.8) is 0 Å². The molecule has 8 heteroatoms. The van der Waals surface area contributed by atoms with Crippen molar-refractivity contribution in [2.75, 3.05) is 7.11 Å². The molecule has 0 aliphatic heterocycles. The summed E-state index contributed by atoms with van der Waals surface area (Å²) in [4.78, 5) is 0.166. The Labute approximate surface area is 211 Å². The molecule has 0 radical (unpaired) electrons. The Morgan fingerprint density at radius 2 is 1.57 bits per heavy atom. The molecule has 3 aromatic rings. The van der Waals surface area contributed by atoms with E-state index in [4.69, 9.17) is 4.74 Å². The van der Waals surface area contributed by atoms with Gasteiger partial charge in [0.25, 0.3) is 0 Å². The second kappa shape index (κ2) is 11.3. The molecule has 1 N–H and O–H groups in total. The lowest BCUT2D eigenvalue weighted by Gasteiger charge is -2.23. The van der Waals surface area contributed by atoms with Gasteiger partial charge >= 0.3 is 0 Å². The maximum atomic E-state index is 13.4. The first kappa shape index (κ1) is 26.8. The zero-order valence-electron chi connectivity index (χ0n) is 20.7. The Bertz CT molecular complexity index is 1300. The van der Waals surface area contributed by atoms with Gasteiger partial charge in [0.05, 0.1) is 28.5 Å². The van der Waals surface area contributed by atoms with Gasteiger partial charge in [0.15, 0.2) is 0 Å². The summed E-state index contributed by atoms with van der Waals surface area (Å²) < 4.78 is 52.1. The number of nitrogens with one attached hydrogen (secondary N) is 1. The fourth-order valence-electron chi connectivity index (χ4n) is 3.41. The molecule has 0 bridgehead atoms. The topological polar surface area (TPSA) is 84.8 Å². The van der Waals surface area contributed by atoms with Gasteiger partial charge in [-0.05, 0) is 51.5 Å².